The summed E-state index contributed by atoms with van der Waals surface area (Å²) in [6.45, 7) is 5.97. The summed E-state index contributed by atoms with van der Waals surface area (Å²) in [6, 6.07) is 8.64. The monoisotopic (exact) mass is 304 g/mol. The number of piperidine rings is 1. The molecule has 1 atom stereocenters. The molecule has 114 valence electrons. The maximum Gasteiger partial charge on any atom is 0.0777 e. The molecule has 4 heteroatoms. The number of nitrogens with two attached hydrogens (primary N) is 1. The molecule has 0 spiro atoms. The molecule has 1 aromatic carbocycles. The lowest BCUT2D eigenvalue weighted by Crippen LogP contribution is -2.46. The second-order valence-electron chi connectivity index (χ2n) is 6.17. The Morgan fingerprint density at radius 3 is 2.95 bits per heavy atom. The Morgan fingerprint density at radius 2 is 2.19 bits per heavy atom. The van der Waals surface area contributed by atoms with Crippen LogP contribution in [-0.4, -0.2) is 30.7 Å². The quantitative estimate of drug-likeness (QED) is 0.941. The normalized spacial score (nSPS) is 23.8. The van der Waals surface area contributed by atoms with Crippen molar-refractivity contribution < 1.29 is 4.74 Å². The van der Waals surface area contributed by atoms with E-state index in [1.807, 2.05) is 18.4 Å². The highest BCUT2D eigenvalue weighted by molar-refractivity contribution is 7.19. The van der Waals surface area contributed by atoms with Crippen molar-refractivity contribution in [3.8, 4) is 0 Å². The van der Waals surface area contributed by atoms with Crippen molar-refractivity contribution in [3.05, 3.63) is 34.7 Å². The van der Waals surface area contributed by atoms with Crippen LogP contribution in [0.2, 0.25) is 0 Å². The molecule has 0 saturated carbocycles. The van der Waals surface area contributed by atoms with Gasteiger partial charge in [-0.2, -0.15) is 0 Å². The molecule has 1 fully saturated rings. The Bertz CT molecular complexity index is 624. The summed E-state index contributed by atoms with van der Waals surface area (Å²) in [5.74, 6) is 0. The largest absolute Gasteiger partial charge is 0.377 e. The molecule has 0 radical (unpaired) electrons. The zero-order valence-electron chi connectivity index (χ0n) is 12.9. The lowest BCUT2D eigenvalue weighted by Gasteiger charge is -2.39. The molecule has 0 aliphatic carbocycles. The van der Waals surface area contributed by atoms with E-state index in [1.165, 1.54) is 26.9 Å². The first kappa shape index (κ1) is 15.0. The molecule has 1 unspecified atom stereocenters. The smallest absolute Gasteiger partial charge is 0.0777 e. The molecule has 3 rings (SSSR count). The van der Waals surface area contributed by atoms with Crippen LogP contribution in [0.4, 0.5) is 0 Å². The molecule has 2 aromatic rings. The number of thiophene rings is 1. The molecule has 2 N–H and O–H groups in total. The fraction of sp³-hybridized carbons (Fsp3) is 0.529. The van der Waals surface area contributed by atoms with Gasteiger partial charge < -0.3 is 10.5 Å². The fourth-order valence-corrected chi connectivity index (χ4v) is 4.41. The van der Waals surface area contributed by atoms with E-state index in [-0.39, 0.29) is 5.60 Å². The summed E-state index contributed by atoms with van der Waals surface area (Å²) in [5, 5.41) is 1.37. The van der Waals surface area contributed by atoms with Crippen LogP contribution in [0.15, 0.2) is 24.3 Å². The van der Waals surface area contributed by atoms with E-state index in [0.717, 1.165) is 26.1 Å². The van der Waals surface area contributed by atoms with Crippen molar-refractivity contribution >= 4 is 21.4 Å². The number of benzene rings is 1. The van der Waals surface area contributed by atoms with Crippen molar-refractivity contribution in [1.29, 1.82) is 0 Å². The minimum atomic E-state index is -0.00699. The van der Waals surface area contributed by atoms with Gasteiger partial charge in [0.25, 0.3) is 0 Å². The van der Waals surface area contributed by atoms with E-state index < -0.39 is 0 Å². The standard InChI is InChI=1S/C17H24N2OS/c1-17(20-2)8-5-9-19(12-17)11-14-13-6-3-4-7-15(13)21-16(14)10-18/h3-4,6-7H,5,8-12,18H2,1-2H3. The summed E-state index contributed by atoms with van der Waals surface area (Å²) >= 11 is 1.84. The van der Waals surface area contributed by atoms with Gasteiger partial charge in [0.05, 0.1) is 5.60 Å². The van der Waals surface area contributed by atoms with Gasteiger partial charge in [0, 0.05) is 36.3 Å². The SMILES string of the molecule is COC1(C)CCCN(Cc2c(CN)sc3ccccc23)C1. The summed E-state index contributed by atoms with van der Waals surface area (Å²) in [4.78, 5) is 3.83. The first-order valence-electron chi connectivity index (χ1n) is 7.62. The lowest BCUT2D eigenvalue weighted by molar-refractivity contribution is -0.0526. The van der Waals surface area contributed by atoms with Gasteiger partial charge in [0.15, 0.2) is 0 Å². The molecule has 2 heterocycles. The maximum absolute atomic E-state index is 5.97. The third kappa shape index (κ3) is 2.99. The van der Waals surface area contributed by atoms with Gasteiger partial charge in [-0.3, -0.25) is 4.90 Å². The maximum atomic E-state index is 5.97. The van der Waals surface area contributed by atoms with E-state index in [2.05, 4.69) is 36.1 Å². The molecule has 21 heavy (non-hydrogen) atoms. The van der Waals surface area contributed by atoms with Crippen molar-refractivity contribution in [1.82, 2.24) is 4.90 Å². The molecule has 0 amide bonds. The van der Waals surface area contributed by atoms with E-state index in [4.69, 9.17) is 10.5 Å². The third-order valence-electron chi connectivity index (χ3n) is 4.58. The minimum absolute atomic E-state index is 0.00699. The fourth-order valence-electron chi connectivity index (χ4n) is 3.32. The van der Waals surface area contributed by atoms with Crippen LogP contribution in [0, 0.1) is 0 Å². The van der Waals surface area contributed by atoms with Gasteiger partial charge >= 0.3 is 0 Å². The van der Waals surface area contributed by atoms with Crippen LogP contribution in [0.3, 0.4) is 0 Å². The highest BCUT2D eigenvalue weighted by Crippen LogP contribution is 2.33. The highest BCUT2D eigenvalue weighted by Gasteiger charge is 2.31. The minimum Gasteiger partial charge on any atom is -0.377 e. The van der Waals surface area contributed by atoms with Gasteiger partial charge in [-0.1, -0.05) is 18.2 Å². The zero-order chi connectivity index (χ0) is 14.9. The molecule has 3 nitrogen and oxygen atoms in total. The van der Waals surface area contributed by atoms with Crippen molar-refractivity contribution in [2.45, 2.75) is 38.5 Å². The van der Waals surface area contributed by atoms with Gasteiger partial charge in [-0.05, 0) is 43.3 Å². The van der Waals surface area contributed by atoms with Gasteiger partial charge in [0.2, 0.25) is 0 Å². The second kappa shape index (κ2) is 6.05. The number of hydrogen-bond acceptors (Lipinski definition) is 4. The number of hydrogen-bond donors (Lipinski definition) is 1. The van der Waals surface area contributed by atoms with Crippen molar-refractivity contribution in [3.63, 3.8) is 0 Å². The van der Waals surface area contributed by atoms with Gasteiger partial charge in [0.1, 0.15) is 0 Å². The van der Waals surface area contributed by atoms with E-state index in [0.29, 0.717) is 6.54 Å². The van der Waals surface area contributed by atoms with Crippen molar-refractivity contribution in [2.24, 2.45) is 5.73 Å². The van der Waals surface area contributed by atoms with E-state index in [1.54, 1.807) is 0 Å². The van der Waals surface area contributed by atoms with Crippen LogP contribution >= 0.6 is 11.3 Å². The predicted octanol–water partition coefficient (Wildman–Crippen LogP) is 3.36. The van der Waals surface area contributed by atoms with Crippen LogP contribution in [0.5, 0.6) is 0 Å². The number of fused-ring (bicyclic) bond motifs is 1. The molecule has 1 aliphatic heterocycles. The summed E-state index contributed by atoms with van der Waals surface area (Å²) in [6.07, 6.45) is 2.35. The number of likely N-dealkylation sites (tertiary alicyclic amines) is 1. The Balaban J connectivity index is 1.87. The summed E-state index contributed by atoms with van der Waals surface area (Å²) < 4.78 is 7.06. The molecule has 0 bridgehead atoms. The molecular formula is C17H24N2OS. The van der Waals surface area contributed by atoms with Gasteiger partial charge in [-0.15, -0.1) is 11.3 Å². The first-order valence-corrected chi connectivity index (χ1v) is 8.44. The van der Waals surface area contributed by atoms with Gasteiger partial charge in [-0.25, -0.2) is 0 Å². The van der Waals surface area contributed by atoms with Crippen molar-refractivity contribution in [2.75, 3.05) is 20.2 Å². The van der Waals surface area contributed by atoms with Crippen LogP contribution < -0.4 is 5.73 Å². The molecular weight excluding hydrogens is 280 g/mol. The molecule has 1 aromatic heterocycles. The van der Waals surface area contributed by atoms with Crippen LogP contribution in [0.25, 0.3) is 10.1 Å². The van der Waals surface area contributed by atoms with E-state index >= 15 is 0 Å². The Kier molecular flexibility index (Phi) is 4.31. The predicted molar refractivity (Wildman–Crippen MR) is 89.6 cm³/mol. The average Bonchev–Trinajstić information content (AvgIpc) is 2.85. The Labute approximate surface area is 130 Å². The molecule has 1 aliphatic rings. The Hall–Kier alpha value is -0.940. The zero-order valence-corrected chi connectivity index (χ0v) is 13.7. The third-order valence-corrected chi connectivity index (χ3v) is 5.82. The van der Waals surface area contributed by atoms with Crippen LogP contribution in [-0.2, 0) is 17.8 Å². The second-order valence-corrected chi connectivity index (χ2v) is 7.31. The summed E-state index contributed by atoms with van der Waals surface area (Å²) in [5.41, 5.74) is 7.37. The number of methoxy groups -OCH3 is 1. The summed E-state index contributed by atoms with van der Waals surface area (Å²) in [7, 11) is 1.83. The number of rotatable bonds is 4. The molecule has 1 saturated heterocycles. The highest BCUT2D eigenvalue weighted by atomic mass is 32.1. The number of ether oxygens (including phenoxy) is 1. The first-order chi connectivity index (χ1) is 10.1. The van der Waals surface area contributed by atoms with Crippen LogP contribution in [0.1, 0.15) is 30.2 Å². The number of nitrogens with zero attached hydrogens (tertiary/aromatic N) is 1. The Morgan fingerprint density at radius 1 is 1.38 bits per heavy atom. The lowest BCUT2D eigenvalue weighted by atomic mass is 9.94. The average molecular weight is 304 g/mol. The topological polar surface area (TPSA) is 38.5 Å². The van der Waals surface area contributed by atoms with E-state index in [9.17, 15) is 0 Å².